The fourth-order valence-electron chi connectivity index (χ4n) is 3.75. The summed E-state index contributed by atoms with van der Waals surface area (Å²) < 4.78 is 5.96. The highest BCUT2D eigenvalue weighted by molar-refractivity contribution is 5.45. The fraction of sp³-hybridized carbons (Fsp3) is 0.647. The molecular formula is C17H24O2. The summed E-state index contributed by atoms with van der Waals surface area (Å²) in [5, 5.41) is 9.72. The molecule has 1 spiro atoms. The quantitative estimate of drug-likeness (QED) is 0.882. The van der Waals surface area contributed by atoms with Crippen molar-refractivity contribution in [2.75, 3.05) is 0 Å². The lowest BCUT2D eigenvalue weighted by Gasteiger charge is -2.35. The maximum Gasteiger partial charge on any atom is 0.123 e. The van der Waals surface area contributed by atoms with Gasteiger partial charge in [0, 0.05) is 0 Å². The number of benzene rings is 1. The molecule has 1 fully saturated rings. The second kappa shape index (κ2) is 4.82. The second-order valence-corrected chi connectivity index (χ2v) is 6.65. The van der Waals surface area contributed by atoms with Gasteiger partial charge < -0.3 is 9.84 Å². The van der Waals surface area contributed by atoms with Crippen LogP contribution in [-0.2, 0) is 12.8 Å². The van der Waals surface area contributed by atoms with Gasteiger partial charge in [-0.05, 0) is 75.0 Å². The number of ether oxygens (including phenoxy) is 1. The lowest BCUT2D eigenvalue weighted by molar-refractivity contribution is 0.0672. The van der Waals surface area contributed by atoms with Crippen molar-refractivity contribution in [1.82, 2.24) is 0 Å². The van der Waals surface area contributed by atoms with Gasteiger partial charge in [-0.3, -0.25) is 0 Å². The molecule has 1 saturated carbocycles. The van der Waals surface area contributed by atoms with E-state index in [1.807, 2.05) is 0 Å². The highest BCUT2D eigenvalue weighted by Gasteiger charge is 2.41. The van der Waals surface area contributed by atoms with Crippen molar-refractivity contribution in [3.05, 3.63) is 29.3 Å². The number of aliphatic hydroxyl groups is 1. The van der Waals surface area contributed by atoms with Crippen molar-refractivity contribution in [2.24, 2.45) is 5.41 Å². The van der Waals surface area contributed by atoms with Crippen LogP contribution < -0.4 is 4.74 Å². The normalized spacial score (nSPS) is 29.8. The number of aliphatic hydroxyl groups excluding tert-OH is 1. The molecule has 0 atom stereocenters. The van der Waals surface area contributed by atoms with E-state index >= 15 is 0 Å². The van der Waals surface area contributed by atoms with Crippen LogP contribution in [0.5, 0.6) is 5.75 Å². The molecule has 19 heavy (non-hydrogen) atoms. The Balaban J connectivity index is 1.83. The van der Waals surface area contributed by atoms with Crippen LogP contribution >= 0.6 is 0 Å². The fourth-order valence-corrected chi connectivity index (χ4v) is 3.75. The zero-order valence-corrected chi connectivity index (χ0v) is 12.0. The van der Waals surface area contributed by atoms with Crippen LogP contribution in [0.3, 0.4) is 0 Å². The Labute approximate surface area is 115 Å². The molecule has 0 bridgehead atoms. The number of hydrogen-bond donors (Lipinski definition) is 1. The largest absolute Gasteiger partial charge is 0.491 e. The molecule has 2 aliphatic rings. The Bertz CT molecular complexity index is 456. The molecule has 0 aromatic heterocycles. The average molecular weight is 260 g/mol. The lowest BCUT2D eigenvalue weighted by Crippen LogP contribution is -2.30. The first-order valence-corrected chi connectivity index (χ1v) is 7.53. The van der Waals surface area contributed by atoms with E-state index in [9.17, 15) is 5.11 Å². The van der Waals surface area contributed by atoms with Crippen molar-refractivity contribution in [3.63, 3.8) is 0 Å². The van der Waals surface area contributed by atoms with Crippen molar-refractivity contribution < 1.29 is 9.84 Å². The molecule has 104 valence electrons. The molecule has 2 heteroatoms. The summed E-state index contributed by atoms with van der Waals surface area (Å²) in [6.07, 6.45) is 6.72. The maximum absolute atomic E-state index is 9.72. The average Bonchev–Trinajstić information content (AvgIpc) is 2.72. The number of fused-ring (bicyclic) bond motifs is 1. The van der Waals surface area contributed by atoms with Gasteiger partial charge in [-0.25, -0.2) is 0 Å². The molecule has 1 aromatic rings. The predicted molar refractivity (Wildman–Crippen MR) is 76.5 cm³/mol. The van der Waals surface area contributed by atoms with E-state index in [0.29, 0.717) is 5.41 Å². The topological polar surface area (TPSA) is 29.5 Å². The van der Waals surface area contributed by atoms with Gasteiger partial charge in [0.1, 0.15) is 5.75 Å². The molecule has 0 saturated heterocycles. The van der Waals surface area contributed by atoms with Crippen LogP contribution in [0.15, 0.2) is 18.2 Å². The van der Waals surface area contributed by atoms with Gasteiger partial charge in [0.05, 0.1) is 12.2 Å². The zero-order valence-electron chi connectivity index (χ0n) is 12.0. The summed E-state index contributed by atoms with van der Waals surface area (Å²) in [5.74, 6) is 1.08. The third kappa shape index (κ3) is 2.51. The Morgan fingerprint density at radius 1 is 1.21 bits per heavy atom. The molecular weight excluding hydrogens is 236 g/mol. The van der Waals surface area contributed by atoms with Gasteiger partial charge in [0.2, 0.25) is 0 Å². The summed E-state index contributed by atoms with van der Waals surface area (Å²) in [5.41, 5.74) is 3.29. The predicted octanol–water partition coefficient (Wildman–Crippen LogP) is 3.49. The first kappa shape index (κ1) is 13.0. The van der Waals surface area contributed by atoms with Crippen LogP contribution in [0.2, 0.25) is 0 Å². The zero-order chi connectivity index (χ0) is 13.5. The van der Waals surface area contributed by atoms with Gasteiger partial charge in [-0.15, -0.1) is 0 Å². The van der Waals surface area contributed by atoms with Crippen LogP contribution in [-0.4, -0.2) is 17.3 Å². The number of hydrogen-bond acceptors (Lipinski definition) is 2. The van der Waals surface area contributed by atoms with Crippen molar-refractivity contribution in [3.8, 4) is 5.75 Å². The van der Waals surface area contributed by atoms with Gasteiger partial charge in [0.25, 0.3) is 0 Å². The number of rotatable bonds is 2. The van der Waals surface area contributed by atoms with Gasteiger partial charge >= 0.3 is 0 Å². The molecule has 0 aliphatic heterocycles. The first-order chi connectivity index (χ1) is 9.08. The minimum atomic E-state index is -0.0688. The van der Waals surface area contributed by atoms with Crippen LogP contribution in [0.1, 0.15) is 50.7 Å². The smallest absolute Gasteiger partial charge is 0.123 e. The molecule has 1 N–H and O–H groups in total. The SMILES string of the molecule is CC(C)Oc1cccc2c1CC1(CCC(O)CC1)C2. The Hall–Kier alpha value is -1.02. The van der Waals surface area contributed by atoms with Crippen molar-refractivity contribution in [1.29, 1.82) is 0 Å². The van der Waals surface area contributed by atoms with E-state index in [0.717, 1.165) is 37.9 Å². The highest BCUT2D eigenvalue weighted by Crippen LogP contribution is 2.49. The third-order valence-corrected chi connectivity index (χ3v) is 4.73. The summed E-state index contributed by atoms with van der Waals surface area (Å²) >= 11 is 0. The minimum absolute atomic E-state index is 0.0688. The monoisotopic (exact) mass is 260 g/mol. The van der Waals surface area contributed by atoms with Crippen LogP contribution in [0.4, 0.5) is 0 Å². The second-order valence-electron chi connectivity index (χ2n) is 6.65. The van der Waals surface area contributed by atoms with Gasteiger partial charge in [-0.2, -0.15) is 0 Å². The minimum Gasteiger partial charge on any atom is -0.491 e. The van der Waals surface area contributed by atoms with Crippen LogP contribution in [0.25, 0.3) is 0 Å². The third-order valence-electron chi connectivity index (χ3n) is 4.73. The van der Waals surface area contributed by atoms with Gasteiger partial charge in [-0.1, -0.05) is 12.1 Å². The van der Waals surface area contributed by atoms with E-state index in [1.165, 1.54) is 17.5 Å². The Kier molecular flexibility index (Phi) is 3.30. The molecule has 0 amide bonds. The Morgan fingerprint density at radius 3 is 2.63 bits per heavy atom. The summed E-state index contributed by atoms with van der Waals surface area (Å²) in [6, 6.07) is 6.48. The molecule has 1 aromatic carbocycles. The van der Waals surface area contributed by atoms with E-state index in [1.54, 1.807) is 0 Å². The molecule has 3 rings (SSSR count). The summed E-state index contributed by atoms with van der Waals surface area (Å²) in [4.78, 5) is 0. The summed E-state index contributed by atoms with van der Waals surface area (Å²) in [7, 11) is 0. The maximum atomic E-state index is 9.72. The standard InChI is InChI=1S/C17H24O2/c1-12(2)19-16-5-3-4-13-10-17(11-15(13)16)8-6-14(18)7-9-17/h3-5,12,14,18H,6-11H2,1-2H3. The van der Waals surface area contributed by atoms with E-state index in [4.69, 9.17) is 4.74 Å². The molecule has 0 unspecified atom stereocenters. The van der Waals surface area contributed by atoms with Crippen molar-refractivity contribution in [2.45, 2.75) is 64.6 Å². The highest BCUT2D eigenvalue weighted by atomic mass is 16.5. The van der Waals surface area contributed by atoms with Crippen molar-refractivity contribution >= 4 is 0 Å². The van der Waals surface area contributed by atoms with Crippen LogP contribution in [0, 0.1) is 5.41 Å². The molecule has 0 radical (unpaired) electrons. The van der Waals surface area contributed by atoms with E-state index < -0.39 is 0 Å². The Morgan fingerprint density at radius 2 is 1.95 bits per heavy atom. The molecule has 2 nitrogen and oxygen atoms in total. The first-order valence-electron chi connectivity index (χ1n) is 7.53. The van der Waals surface area contributed by atoms with Gasteiger partial charge in [0.15, 0.2) is 0 Å². The van der Waals surface area contributed by atoms with E-state index in [-0.39, 0.29) is 12.2 Å². The lowest BCUT2D eigenvalue weighted by atomic mass is 9.71. The molecule has 0 heterocycles. The molecule has 2 aliphatic carbocycles. The summed E-state index contributed by atoms with van der Waals surface area (Å²) in [6.45, 7) is 4.17. The van der Waals surface area contributed by atoms with E-state index in [2.05, 4.69) is 32.0 Å².